The lowest BCUT2D eigenvalue weighted by atomic mass is 10.1. The van der Waals surface area contributed by atoms with Crippen LogP contribution in [-0.4, -0.2) is 39.7 Å². The third-order valence-corrected chi connectivity index (χ3v) is 5.49. The lowest BCUT2D eigenvalue weighted by Gasteiger charge is -2.23. The zero-order valence-electron chi connectivity index (χ0n) is 15.6. The van der Waals surface area contributed by atoms with Crippen LogP contribution in [0.15, 0.2) is 60.8 Å². The van der Waals surface area contributed by atoms with Crippen LogP contribution in [0.3, 0.4) is 0 Å². The fraction of sp³-hybridized carbons (Fsp3) is 0.273. The van der Waals surface area contributed by atoms with Crippen LogP contribution in [0, 0.1) is 0 Å². The van der Waals surface area contributed by atoms with Crippen LogP contribution in [-0.2, 0) is 11.2 Å². The van der Waals surface area contributed by atoms with E-state index in [2.05, 4.69) is 0 Å². The van der Waals surface area contributed by atoms with Gasteiger partial charge >= 0.3 is 0 Å². The van der Waals surface area contributed by atoms with Crippen LogP contribution < -0.4 is 5.73 Å². The maximum absolute atomic E-state index is 13.0. The number of halogens is 1. The third-order valence-electron chi connectivity index (χ3n) is 5.24. The van der Waals surface area contributed by atoms with Crippen LogP contribution >= 0.6 is 11.6 Å². The van der Waals surface area contributed by atoms with E-state index in [-0.39, 0.29) is 11.9 Å². The number of aromatic nitrogens is 2. The van der Waals surface area contributed by atoms with Gasteiger partial charge in [-0.3, -0.25) is 4.79 Å². The minimum atomic E-state index is 0.107. The van der Waals surface area contributed by atoms with Crippen LogP contribution in [0.4, 0.5) is 0 Å². The van der Waals surface area contributed by atoms with E-state index in [9.17, 15) is 4.79 Å². The zero-order chi connectivity index (χ0) is 19.5. The number of benzene rings is 2. The first-order valence-electron chi connectivity index (χ1n) is 9.55. The molecule has 1 saturated heterocycles. The molecule has 2 heterocycles. The summed E-state index contributed by atoms with van der Waals surface area (Å²) in [6.07, 6.45) is 4.25. The van der Waals surface area contributed by atoms with Gasteiger partial charge in [0.15, 0.2) is 0 Å². The number of likely N-dealkylation sites (tertiary alicyclic amines) is 1. The summed E-state index contributed by atoms with van der Waals surface area (Å²) in [6, 6.07) is 17.6. The number of nitrogens with zero attached hydrogens (tertiary/aromatic N) is 3. The highest BCUT2D eigenvalue weighted by Gasteiger charge is 2.28. The number of carbonyl (C=O) groups excluding carboxylic acids is 1. The van der Waals surface area contributed by atoms with Crippen molar-refractivity contribution in [1.82, 2.24) is 14.7 Å². The molecule has 4 rings (SSSR count). The second kappa shape index (κ2) is 8.17. The normalized spacial score (nSPS) is 16.5. The minimum absolute atomic E-state index is 0.107. The summed E-state index contributed by atoms with van der Waals surface area (Å²) in [6.45, 7) is 1.29. The molecular weight excluding hydrogens is 372 g/mol. The number of amides is 1. The van der Waals surface area contributed by atoms with Gasteiger partial charge in [0.2, 0.25) is 5.91 Å². The van der Waals surface area contributed by atoms with Crippen LogP contribution in [0.25, 0.3) is 16.9 Å². The summed E-state index contributed by atoms with van der Waals surface area (Å²) >= 11 is 6.04. The molecular formula is C22H23ClN4O. The molecule has 0 spiro atoms. The topological polar surface area (TPSA) is 64.2 Å². The Hall–Kier alpha value is -2.63. The number of carbonyl (C=O) groups is 1. The number of hydrogen-bond acceptors (Lipinski definition) is 3. The molecule has 5 nitrogen and oxygen atoms in total. The van der Waals surface area contributed by atoms with Crippen molar-refractivity contribution in [3.8, 4) is 16.9 Å². The van der Waals surface area contributed by atoms with Crippen molar-refractivity contribution < 1.29 is 4.79 Å². The summed E-state index contributed by atoms with van der Waals surface area (Å²) in [5.41, 5.74) is 9.45. The number of hydrogen-bond donors (Lipinski definition) is 1. The summed E-state index contributed by atoms with van der Waals surface area (Å²) in [4.78, 5) is 14.9. The van der Waals surface area contributed by atoms with E-state index in [0.717, 1.165) is 41.9 Å². The Morgan fingerprint density at radius 1 is 1.14 bits per heavy atom. The largest absolute Gasteiger partial charge is 0.338 e. The molecule has 1 atom stereocenters. The van der Waals surface area contributed by atoms with E-state index < -0.39 is 0 Å². The second-order valence-corrected chi connectivity index (χ2v) is 7.52. The molecule has 1 amide bonds. The highest BCUT2D eigenvalue weighted by atomic mass is 35.5. The van der Waals surface area contributed by atoms with Gasteiger partial charge in [0.05, 0.1) is 17.8 Å². The lowest BCUT2D eigenvalue weighted by Crippen LogP contribution is -2.40. The maximum atomic E-state index is 13.0. The molecule has 1 aliphatic heterocycles. The predicted octanol–water partition coefficient (Wildman–Crippen LogP) is 3.68. The summed E-state index contributed by atoms with van der Waals surface area (Å²) in [5.74, 6) is 0.107. The Labute approximate surface area is 169 Å². The Bertz CT molecular complexity index is 952. The highest BCUT2D eigenvalue weighted by Crippen LogP contribution is 2.27. The van der Waals surface area contributed by atoms with Gasteiger partial charge in [0.25, 0.3) is 0 Å². The van der Waals surface area contributed by atoms with Gasteiger partial charge in [-0.2, -0.15) is 5.10 Å². The molecule has 1 fully saturated rings. The maximum Gasteiger partial charge on any atom is 0.227 e. The quantitative estimate of drug-likeness (QED) is 0.717. The summed E-state index contributed by atoms with van der Waals surface area (Å²) in [7, 11) is 0. The van der Waals surface area contributed by atoms with Crippen molar-refractivity contribution in [3.05, 3.63) is 71.4 Å². The molecule has 1 unspecified atom stereocenters. The monoisotopic (exact) mass is 394 g/mol. The first-order valence-corrected chi connectivity index (χ1v) is 9.93. The first-order chi connectivity index (χ1) is 13.7. The van der Waals surface area contributed by atoms with Crippen LogP contribution in [0.5, 0.6) is 0 Å². The van der Waals surface area contributed by atoms with Gasteiger partial charge < -0.3 is 10.6 Å². The molecule has 1 aliphatic rings. The fourth-order valence-corrected chi connectivity index (χ4v) is 3.90. The third kappa shape index (κ3) is 3.81. The molecule has 1 aromatic heterocycles. The van der Waals surface area contributed by atoms with E-state index >= 15 is 0 Å². The Kier molecular flexibility index (Phi) is 5.46. The van der Waals surface area contributed by atoms with E-state index in [4.69, 9.17) is 22.4 Å². The molecule has 6 heteroatoms. The molecule has 2 aromatic carbocycles. The van der Waals surface area contributed by atoms with Crippen LogP contribution in [0.1, 0.15) is 18.4 Å². The first kappa shape index (κ1) is 18.7. The Balaban J connectivity index is 1.69. The molecule has 0 saturated carbocycles. The molecule has 2 N–H and O–H groups in total. The molecule has 144 valence electrons. The van der Waals surface area contributed by atoms with Crippen LogP contribution in [0.2, 0.25) is 5.02 Å². The molecule has 0 bridgehead atoms. The summed E-state index contributed by atoms with van der Waals surface area (Å²) in [5, 5.41) is 5.45. The lowest BCUT2D eigenvalue weighted by molar-refractivity contribution is -0.131. The molecule has 0 aliphatic carbocycles. The van der Waals surface area contributed by atoms with Crippen molar-refractivity contribution in [2.75, 3.05) is 13.1 Å². The summed E-state index contributed by atoms with van der Waals surface area (Å²) < 4.78 is 1.83. The SMILES string of the molecule is NCC1CCCN1C(=O)Cc1cn(-c2ccccc2)nc1-c1ccc(Cl)cc1. The molecule has 28 heavy (non-hydrogen) atoms. The minimum Gasteiger partial charge on any atom is -0.338 e. The second-order valence-electron chi connectivity index (χ2n) is 7.09. The van der Waals surface area contributed by atoms with Gasteiger partial charge in [-0.15, -0.1) is 0 Å². The Morgan fingerprint density at radius 3 is 2.61 bits per heavy atom. The van der Waals surface area contributed by atoms with Gasteiger partial charge in [0.1, 0.15) is 0 Å². The average Bonchev–Trinajstić information content (AvgIpc) is 3.36. The zero-order valence-corrected chi connectivity index (χ0v) is 16.3. The predicted molar refractivity (Wildman–Crippen MR) is 112 cm³/mol. The van der Waals surface area contributed by atoms with Gasteiger partial charge in [-0.25, -0.2) is 4.68 Å². The number of para-hydroxylation sites is 1. The Morgan fingerprint density at radius 2 is 1.89 bits per heavy atom. The van der Waals surface area contributed by atoms with Gasteiger partial charge in [-0.05, 0) is 37.1 Å². The van der Waals surface area contributed by atoms with Crippen molar-refractivity contribution in [1.29, 1.82) is 0 Å². The number of nitrogens with two attached hydrogens (primary N) is 1. The highest BCUT2D eigenvalue weighted by molar-refractivity contribution is 6.30. The standard InChI is InChI=1S/C22H23ClN4O/c23-18-10-8-16(9-11-18)22-17(13-21(28)26-12-4-7-20(26)14-24)15-27(25-22)19-5-2-1-3-6-19/h1-3,5-6,8-11,15,20H,4,7,12-14,24H2. The van der Waals surface area contributed by atoms with Crippen molar-refractivity contribution in [2.45, 2.75) is 25.3 Å². The van der Waals surface area contributed by atoms with Crippen molar-refractivity contribution >= 4 is 17.5 Å². The van der Waals surface area contributed by atoms with E-state index in [0.29, 0.717) is 18.0 Å². The van der Waals surface area contributed by atoms with Gasteiger partial charge in [-0.1, -0.05) is 41.9 Å². The van der Waals surface area contributed by atoms with E-state index in [1.807, 2.05) is 70.4 Å². The number of rotatable bonds is 5. The smallest absolute Gasteiger partial charge is 0.227 e. The molecule has 3 aromatic rings. The van der Waals surface area contributed by atoms with E-state index in [1.165, 1.54) is 0 Å². The fourth-order valence-electron chi connectivity index (χ4n) is 3.78. The van der Waals surface area contributed by atoms with Gasteiger partial charge in [0, 0.05) is 41.5 Å². The average molecular weight is 395 g/mol. The molecule has 0 radical (unpaired) electrons. The van der Waals surface area contributed by atoms with Crippen molar-refractivity contribution in [3.63, 3.8) is 0 Å². The van der Waals surface area contributed by atoms with Crippen molar-refractivity contribution in [2.24, 2.45) is 5.73 Å². The van der Waals surface area contributed by atoms with E-state index in [1.54, 1.807) is 0 Å².